The Labute approximate surface area is 126 Å². The molecule has 0 atom stereocenters. The average molecular weight is 315 g/mol. The van der Waals surface area contributed by atoms with Gasteiger partial charge in [-0.2, -0.15) is 5.10 Å². The lowest BCUT2D eigenvalue weighted by Crippen LogP contribution is -2.33. The SMILES string of the molecule is CCNCCn1cc(S(=O)(=O)NCCN(C)C2CC2)cn1. The molecule has 2 rings (SSSR count). The highest BCUT2D eigenvalue weighted by Crippen LogP contribution is 2.24. The van der Waals surface area contributed by atoms with Crippen LogP contribution in [0.4, 0.5) is 0 Å². The summed E-state index contributed by atoms with van der Waals surface area (Å²) in [5.74, 6) is 0. The number of nitrogens with zero attached hydrogens (tertiary/aromatic N) is 3. The zero-order valence-electron chi connectivity index (χ0n) is 12.7. The minimum atomic E-state index is -3.45. The Kier molecular flexibility index (Phi) is 5.74. The Morgan fingerprint density at radius 1 is 1.43 bits per heavy atom. The van der Waals surface area contributed by atoms with Crippen LogP contribution in [0.3, 0.4) is 0 Å². The summed E-state index contributed by atoms with van der Waals surface area (Å²) in [4.78, 5) is 2.43. The minimum absolute atomic E-state index is 0.230. The van der Waals surface area contributed by atoms with E-state index in [-0.39, 0.29) is 4.90 Å². The van der Waals surface area contributed by atoms with Crippen molar-refractivity contribution in [2.75, 3.05) is 33.2 Å². The van der Waals surface area contributed by atoms with E-state index in [1.165, 1.54) is 19.0 Å². The van der Waals surface area contributed by atoms with Crippen molar-refractivity contribution in [2.45, 2.75) is 37.2 Å². The van der Waals surface area contributed by atoms with Crippen LogP contribution in [0.5, 0.6) is 0 Å². The van der Waals surface area contributed by atoms with E-state index in [2.05, 4.69) is 20.0 Å². The Hall–Kier alpha value is -0.960. The second-order valence-corrected chi connectivity index (χ2v) is 7.17. The summed E-state index contributed by atoms with van der Waals surface area (Å²) in [6.45, 7) is 5.52. The quantitative estimate of drug-likeness (QED) is 0.588. The summed E-state index contributed by atoms with van der Waals surface area (Å²) in [5.41, 5.74) is 0. The van der Waals surface area contributed by atoms with E-state index in [1.807, 2.05) is 14.0 Å². The number of nitrogens with one attached hydrogen (secondary N) is 2. The molecule has 8 heteroatoms. The minimum Gasteiger partial charge on any atom is -0.315 e. The maximum absolute atomic E-state index is 12.1. The van der Waals surface area contributed by atoms with Gasteiger partial charge in [0.15, 0.2) is 0 Å². The Bertz CT molecular complexity index is 539. The molecule has 0 radical (unpaired) electrons. The summed E-state index contributed by atoms with van der Waals surface area (Å²) in [7, 11) is -1.42. The van der Waals surface area contributed by atoms with E-state index in [9.17, 15) is 8.42 Å². The first kappa shape index (κ1) is 16.4. The maximum Gasteiger partial charge on any atom is 0.243 e. The number of likely N-dealkylation sites (N-methyl/N-ethyl adjacent to an activating group) is 2. The molecule has 0 unspecified atom stereocenters. The summed E-state index contributed by atoms with van der Waals surface area (Å²) in [6, 6.07) is 0.642. The second kappa shape index (κ2) is 7.35. The molecule has 0 aromatic carbocycles. The molecule has 7 nitrogen and oxygen atoms in total. The molecule has 0 aliphatic heterocycles. The predicted octanol–water partition coefficient (Wildman–Crippen LogP) is -0.135. The van der Waals surface area contributed by atoms with Crippen LogP contribution in [0.2, 0.25) is 0 Å². The van der Waals surface area contributed by atoms with Crippen LogP contribution < -0.4 is 10.0 Å². The van der Waals surface area contributed by atoms with Crippen molar-refractivity contribution in [3.63, 3.8) is 0 Å². The number of rotatable bonds is 10. The van der Waals surface area contributed by atoms with E-state index in [1.54, 1.807) is 10.9 Å². The van der Waals surface area contributed by atoms with Gasteiger partial charge >= 0.3 is 0 Å². The third kappa shape index (κ3) is 5.06. The fourth-order valence-electron chi connectivity index (χ4n) is 2.11. The van der Waals surface area contributed by atoms with Gasteiger partial charge in [0, 0.05) is 31.9 Å². The van der Waals surface area contributed by atoms with E-state index in [4.69, 9.17) is 0 Å². The Morgan fingerprint density at radius 2 is 2.19 bits per heavy atom. The zero-order valence-corrected chi connectivity index (χ0v) is 13.6. The van der Waals surface area contributed by atoms with E-state index in [0.717, 1.165) is 19.6 Å². The van der Waals surface area contributed by atoms with Crippen LogP contribution in [0.25, 0.3) is 0 Å². The summed E-state index contributed by atoms with van der Waals surface area (Å²) in [5, 5.41) is 7.26. The normalized spacial score (nSPS) is 15.8. The number of hydrogen-bond donors (Lipinski definition) is 2. The van der Waals surface area contributed by atoms with Crippen molar-refractivity contribution in [3.05, 3.63) is 12.4 Å². The molecule has 1 aliphatic carbocycles. The molecule has 1 aromatic heterocycles. The van der Waals surface area contributed by atoms with Gasteiger partial charge in [-0.05, 0) is 26.4 Å². The fraction of sp³-hybridized carbons (Fsp3) is 0.769. The predicted molar refractivity (Wildman–Crippen MR) is 81.6 cm³/mol. The zero-order chi connectivity index (χ0) is 15.3. The lowest BCUT2D eigenvalue weighted by Gasteiger charge is -2.15. The van der Waals surface area contributed by atoms with Gasteiger partial charge in [-0.3, -0.25) is 4.68 Å². The van der Waals surface area contributed by atoms with Crippen molar-refractivity contribution >= 4 is 10.0 Å². The van der Waals surface area contributed by atoms with Crippen molar-refractivity contribution in [1.82, 2.24) is 24.7 Å². The topological polar surface area (TPSA) is 79.3 Å². The van der Waals surface area contributed by atoms with E-state index < -0.39 is 10.0 Å². The maximum atomic E-state index is 12.1. The monoisotopic (exact) mass is 315 g/mol. The van der Waals surface area contributed by atoms with Gasteiger partial charge in [0.2, 0.25) is 10.0 Å². The molecule has 1 heterocycles. The highest BCUT2D eigenvalue weighted by atomic mass is 32.2. The van der Waals surface area contributed by atoms with Crippen molar-refractivity contribution < 1.29 is 8.42 Å². The molecule has 0 amide bonds. The lowest BCUT2D eigenvalue weighted by atomic mass is 10.5. The number of sulfonamides is 1. The molecular formula is C13H25N5O2S. The molecule has 21 heavy (non-hydrogen) atoms. The smallest absolute Gasteiger partial charge is 0.243 e. The Balaban J connectivity index is 1.80. The number of aromatic nitrogens is 2. The first-order chi connectivity index (χ1) is 10.0. The fourth-order valence-corrected chi connectivity index (χ4v) is 3.09. The van der Waals surface area contributed by atoms with Crippen molar-refractivity contribution in [1.29, 1.82) is 0 Å². The molecule has 1 aromatic rings. The lowest BCUT2D eigenvalue weighted by molar-refractivity contribution is 0.329. The van der Waals surface area contributed by atoms with Gasteiger partial charge in [0.1, 0.15) is 4.90 Å². The van der Waals surface area contributed by atoms with Crippen LogP contribution >= 0.6 is 0 Å². The van der Waals surface area contributed by atoms with Gasteiger partial charge in [-0.15, -0.1) is 0 Å². The number of hydrogen-bond acceptors (Lipinski definition) is 5. The van der Waals surface area contributed by atoms with Crippen LogP contribution in [0.1, 0.15) is 19.8 Å². The molecule has 1 aliphatic rings. The van der Waals surface area contributed by atoms with Gasteiger partial charge in [-0.25, -0.2) is 13.1 Å². The van der Waals surface area contributed by atoms with E-state index in [0.29, 0.717) is 19.1 Å². The molecule has 2 N–H and O–H groups in total. The molecular weight excluding hydrogens is 290 g/mol. The van der Waals surface area contributed by atoms with Gasteiger partial charge < -0.3 is 10.2 Å². The second-order valence-electron chi connectivity index (χ2n) is 5.40. The van der Waals surface area contributed by atoms with Crippen LogP contribution in [-0.4, -0.2) is 62.4 Å². The van der Waals surface area contributed by atoms with Gasteiger partial charge in [0.25, 0.3) is 0 Å². The highest BCUT2D eigenvalue weighted by molar-refractivity contribution is 7.89. The molecule has 0 saturated heterocycles. The van der Waals surface area contributed by atoms with Crippen LogP contribution in [-0.2, 0) is 16.6 Å². The average Bonchev–Trinajstić information content (AvgIpc) is 3.18. The van der Waals surface area contributed by atoms with Gasteiger partial charge in [-0.1, -0.05) is 6.92 Å². The first-order valence-electron chi connectivity index (χ1n) is 7.46. The first-order valence-corrected chi connectivity index (χ1v) is 8.94. The highest BCUT2D eigenvalue weighted by Gasteiger charge is 2.26. The van der Waals surface area contributed by atoms with Crippen LogP contribution in [0.15, 0.2) is 17.3 Å². The van der Waals surface area contributed by atoms with Crippen LogP contribution in [0, 0.1) is 0 Å². The van der Waals surface area contributed by atoms with Crippen molar-refractivity contribution in [2.24, 2.45) is 0 Å². The Morgan fingerprint density at radius 3 is 2.86 bits per heavy atom. The third-order valence-corrected chi connectivity index (χ3v) is 5.03. The molecule has 1 saturated carbocycles. The summed E-state index contributed by atoms with van der Waals surface area (Å²) >= 11 is 0. The summed E-state index contributed by atoms with van der Waals surface area (Å²) < 4.78 is 28.6. The molecule has 1 fully saturated rings. The largest absolute Gasteiger partial charge is 0.315 e. The molecule has 0 spiro atoms. The third-order valence-electron chi connectivity index (χ3n) is 3.61. The van der Waals surface area contributed by atoms with E-state index >= 15 is 0 Å². The molecule has 0 bridgehead atoms. The van der Waals surface area contributed by atoms with Crippen molar-refractivity contribution in [3.8, 4) is 0 Å². The standard InChI is InChI=1S/C13H25N5O2S/c1-3-14-6-9-18-11-13(10-15-18)21(19,20)16-7-8-17(2)12-4-5-12/h10-12,14,16H,3-9H2,1-2H3. The van der Waals surface area contributed by atoms with Gasteiger partial charge in [0.05, 0.1) is 12.7 Å². The summed E-state index contributed by atoms with van der Waals surface area (Å²) in [6.07, 6.45) is 5.42. The molecule has 120 valence electrons.